The van der Waals surface area contributed by atoms with Gasteiger partial charge in [-0.05, 0) is 37.0 Å². The summed E-state index contributed by atoms with van der Waals surface area (Å²) in [6.07, 6.45) is 3.20. The van der Waals surface area contributed by atoms with E-state index in [0.717, 1.165) is 43.1 Å². The van der Waals surface area contributed by atoms with Crippen molar-refractivity contribution in [3.05, 3.63) is 29.8 Å². The van der Waals surface area contributed by atoms with Crippen molar-refractivity contribution in [2.24, 2.45) is 0 Å². The molecule has 0 fully saturated rings. The number of hydrogen-bond donors (Lipinski definition) is 1. The molecule has 0 unspecified atom stereocenters. The SMILES string of the molecule is OCc1ccc(OCCCCCCl)cc1. The normalized spacial score (nSPS) is 10.3. The van der Waals surface area contributed by atoms with Crippen LogP contribution in [0.2, 0.25) is 0 Å². The number of aliphatic hydroxyl groups is 1. The number of hydrogen-bond acceptors (Lipinski definition) is 2. The van der Waals surface area contributed by atoms with E-state index >= 15 is 0 Å². The third kappa shape index (κ3) is 5.05. The van der Waals surface area contributed by atoms with Gasteiger partial charge in [0.25, 0.3) is 0 Å². The molecule has 84 valence electrons. The highest BCUT2D eigenvalue weighted by Crippen LogP contribution is 2.12. The van der Waals surface area contributed by atoms with Crippen molar-refractivity contribution in [2.45, 2.75) is 25.9 Å². The molecule has 0 bridgehead atoms. The van der Waals surface area contributed by atoms with E-state index in [1.807, 2.05) is 24.3 Å². The van der Waals surface area contributed by atoms with Crippen LogP contribution in [0.4, 0.5) is 0 Å². The van der Waals surface area contributed by atoms with Gasteiger partial charge in [-0.2, -0.15) is 0 Å². The highest BCUT2D eigenvalue weighted by molar-refractivity contribution is 6.17. The quantitative estimate of drug-likeness (QED) is 0.574. The van der Waals surface area contributed by atoms with E-state index in [1.165, 1.54) is 0 Å². The van der Waals surface area contributed by atoms with E-state index in [2.05, 4.69) is 0 Å². The summed E-state index contributed by atoms with van der Waals surface area (Å²) in [5.74, 6) is 1.59. The Morgan fingerprint density at radius 3 is 2.40 bits per heavy atom. The Kier molecular flexibility index (Phi) is 6.21. The minimum Gasteiger partial charge on any atom is -0.494 e. The van der Waals surface area contributed by atoms with Gasteiger partial charge < -0.3 is 9.84 Å². The number of unbranched alkanes of at least 4 members (excludes halogenated alkanes) is 2. The van der Waals surface area contributed by atoms with E-state index in [9.17, 15) is 0 Å². The van der Waals surface area contributed by atoms with Crippen LogP contribution in [0, 0.1) is 0 Å². The monoisotopic (exact) mass is 228 g/mol. The number of halogens is 1. The summed E-state index contributed by atoms with van der Waals surface area (Å²) in [5, 5.41) is 8.85. The van der Waals surface area contributed by atoms with Crippen molar-refractivity contribution < 1.29 is 9.84 Å². The second-order valence-corrected chi connectivity index (χ2v) is 3.78. The van der Waals surface area contributed by atoms with Gasteiger partial charge in [-0.25, -0.2) is 0 Å². The van der Waals surface area contributed by atoms with Crippen molar-refractivity contribution in [1.29, 1.82) is 0 Å². The van der Waals surface area contributed by atoms with E-state index in [4.69, 9.17) is 21.4 Å². The topological polar surface area (TPSA) is 29.5 Å². The Bertz CT molecular complexity index is 259. The lowest BCUT2D eigenvalue weighted by atomic mass is 10.2. The summed E-state index contributed by atoms with van der Waals surface area (Å²) in [5.41, 5.74) is 0.907. The average Bonchev–Trinajstić information content (AvgIpc) is 2.30. The van der Waals surface area contributed by atoms with E-state index in [-0.39, 0.29) is 6.61 Å². The first-order chi connectivity index (χ1) is 7.36. The summed E-state index contributed by atoms with van der Waals surface area (Å²) in [6, 6.07) is 7.50. The van der Waals surface area contributed by atoms with Gasteiger partial charge in [-0.1, -0.05) is 12.1 Å². The number of ether oxygens (including phenoxy) is 1. The zero-order valence-electron chi connectivity index (χ0n) is 8.79. The molecule has 0 atom stereocenters. The van der Waals surface area contributed by atoms with Gasteiger partial charge in [0, 0.05) is 5.88 Å². The Labute approximate surface area is 95.8 Å². The molecule has 3 heteroatoms. The van der Waals surface area contributed by atoms with Crippen molar-refractivity contribution in [3.8, 4) is 5.75 Å². The van der Waals surface area contributed by atoms with E-state index in [1.54, 1.807) is 0 Å². The fraction of sp³-hybridized carbons (Fsp3) is 0.500. The van der Waals surface area contributed by atoms with Gasteiger partial charge in [0.1, 0.15) is 5.75 Å². The maximum Gasteiger partial charge on any atom is 0.119 e. The van der Waals surface area contributed by atoms with Crippen LogP contribution >= 0.6 is 11.6 Å². The fourth-order valence-electron chi connectivity index (χ4n) is 1.25. The average molecular weight is 229 g/mol. The third-order valence-corrected chi connectivity index (χ3v) is 2.42. The van der Waals surface area contributed by atoms with Crippen LogP contribution < -0.4 is 4.74 Å². The highest BCUT2D eigenvalue weighted by atomic mass is 35.5. The summed E-state index contributed by atoms with van der Waals surface area (Å²) in [6.45, 7) is 0.811. The molecule has 0 amide bonds. The first kappa shape index (κ1) is 12.3. The number of aliphatic hydroxyl groups excluding tert-OH is 1. The predicted octanol–water partition coefficient (Wildman–Crippen LogP) is 2.97. The van der Waals surface area contributed by atoms with Crippen molar-refractivity contribution in [2.75, 3.05) is 12.5 Å². The Morgan fingerprint density at radius 1 is 1.07 bits per heavy atom. The molecule has 1 N–H and O–H groups in total. The summed E-state index contributed by atoms with van der Waals surface area (Å²) in [4.78, 5) is 0. The number of alkyl halides is 1. The lowest BCUT2D eigenvalue weighted by Gasteiger charge is -2.06. The smallest absolute Gasteiger partial charge is 0.119 e. The molecule has 0 saturated carbocycles. The molecule has 0 radical (unpaired) electrons. The van der Waals surface area contributed by atoms with Gasteiger partial charge in [-0.3, -0.25) is 0 Å². The second-order valence-electron chi connectivity index (χ2n) is 3.40. The van der Waals surface area contributed by atoms with Gasteiger partial charge in [0.15, 0.2) is 0 Å². The molecule has 0 spiro atoms. The molecule has 0 aromatic heterocycles. The molecule has 0 aliphatic carbocycles. The number of rotatable bonds is 7. The molecule has 1 aromatic rings. The van der Waals surface area contributed by atoms with E-state index in [0.29, 0.717) is 0 Å². The number of benzene rings is 1. The van der Waals surface area contributed by atoms with Crippen LogP contribution in [-0.2, 0) is 6.61 Å². The van der Waals surface area contributed by atoms with Crippen LogP contribution in [-0.4, -0.2) is 17.6 Å². The Hall–Kier alpha value is -0.730. The molecule has 0 aliphatic rings. The minimum absolute atomic E-state index is 0.0794. The van der Waals surface area contributed by atoms with E-state index < -0.39 is 0 Å². The van der Waals surface area contributed by atoms with Gasteiger partial charge in [-0.15, -0.1) is 11.6 Å². The van der Waals surface area contributed by atoms with Crippen LogP contribution in [0.3, 0.4) is 0 Å². The third-order valence-electron chi connectivity index (χ3n) is 2.15. The maximum absolute atomic E-state index is 8.85. The van der Waals surface area contributed by atoms with Crippen molar-refractivity contribution >= 4 is 11.6 Å². The summed E-state index contributed by atoms with van der Waals surface area (Å²) >= 11 is 5.57. The summed E-state index contributed by atoms with van der Waals surface area (Å²) < 4.78 is 5.53. The van der Waals surface area contributed by atoms with Crippen molar-refractivity contribution in [3.63, 3.8) is 0 Å². The molecule has 1 aromatic carbocycles. The van der Waals surface area contributed by atoms with Crippen LogP contribution in [0.25, 0.3) is 0 Å². The van der Waals surface area contributed by atoms with Crippen LogP contribution in [0.15, 0.2) is 24.3 Å². The molecule has 15 heavy (non-hydrogen) atoms. The molecule has 0 saturated heterocycles. The van der Waals surface area contributed by atoms with Crippen LogP contribution in [0.1, 0.15) is 24.8 Å². The molecule has 0 aliphatic heterocycles. The molecule has 0 heterocycles. The molecule has 1 rings (SSSR count). The lowest BCUT2D eigenvalue weighted by molar-refractivity contribution is 0.281. The second kappa shape index (κ2) is 7.55. The first-order valence-corrected chi connectivity index (χ1v) is 5.79. The van der Waals surface area contributed by atoms with Gasteiger partial charge in [0.2, 0.25) is 0 Å². The molecule has 2 nitrogen and oxygen atoms in total. The Morgan fingerprint density at radius 2 is 1.80 bits per heavy atom. The highest BCUT2D eigenvalue weighted by Gasteiger charge is 1.94. The summed E-state index contributed by atoms with van der Waals surface area (Å²) in [7, 11) is 0. The largest absolute Gasteiger partial charge is 0.494 e. The molecular weight excluding hydrogens is 212 g/mol. The van der Waals surface area contributed by atoms with Gasteiger partial charge >= 0.3 is 0 Å². The molecular formula is C12H17ClO2. The predicted molar refractivity (Wildman–Crippen MR) is 62.4 cm³/mol. The van der Waals surface area contributed by atoms with Crippen molar-refractivity contribution in [1.82, 2.24) is 0 Å². The zero-order valence-corrected chi connectivity index (χ0v) is 9.54. The lowest BCUT2D eigenvalue weighted by Crippen LogP contribution is -1.97. The maximum atomic E-state index is 8.85. The zero-order chi connectivity index (χ0) is 10.9. The Balaban J connectivity index is 2.20. The fourth-order valence-corrected chi connectivity index (χ4v) is 1.44. The van der Waals surface area contributed by atoms with Crippen LogP contribution in [0.5, 0.6) is 5.75 Å². The standard InChI is InChI=1S/C12H17ClO2/c13-8-2-1-3-9-15-12-6-4-11(10-14)5-7-12/h4-7,14H,1-3,8-10H2. The van der Waals surface area contributed by atoms with Gasteiger partial charge in [0.05, 0.1) is 13.2 Å². The first-order valence-electron chi connectivity index (χ1n) is 5.25. The minimum atomic E-state index is 0.0794.